The highest BCUT2D eigenvalue weighted by atomic mass is 35.5. The van der Waals surface area contributed by atoms with Gasteiger partial charge < -0.3 is 11.1 Å². The van der Waals surface area contributed by atoms with Gasteiger partial charge in [0.05, 0.1) is 10.7 Å². The van der Waals surface area contributed by atoms with E-state index in [2.05, 4.69) is 10.3 Å². The number of nitrogens with one attached hydrogen (secondary N) is 1. The molecule has 1 aromatic carbocycles. The van der Waals surface area contributed by atoms with Crippen molar-refractivity contribution < 1.29 is 0 Å². The maximum Gasteiger partial charge on any atom is 0.150 e. The molecule has 0 radical (unpaired) electrons. The van der Waals surface area contributed by atoms with Gasteiger partial charge in [-0.3, -0.25) is 0 Å². The Kier molecular flexibility index (Phi) is 3.71. The fourth-order valence-corrected chi connectivity index (χ4v) is 1.76. The van der Waals surface area contributed by atoms with Gasteiger partial charge in [-0.05, 0) is 17.7 Å². The number of nitrogen functional groups attached to an aromatic ring is 1. The predicted molar refractivity (Wildman–Crippen MR) is 72.4 cm³/mol. The Balaban J connectivity index is 2.13. The summed E-state index contributed by atoms with van der Waals surface area (Å²) < 4.78 is 0. The van der Waals surface area contributed by atoms with Crippen LogP contribution < -0.4 is 11.1 Å². The summed E-state index contributed by atoms with van der Waals surface area (Å²) in [4.78, 5) is 4.12. The Morgan fingerprint density at radius 1 is 1.12 bits per heavy atom. The fraction of sp³-hybridized carbons (Fsp3) is 0.0833. The molecule has 0 aliphatic rings. The van der Waals surface area contributed by atoms with E-state index < -0.39 is 0 Å². The first-order valence-electron chi connectivity index (χ1n) is 5.05. The lowest BCUT2D eigenvalue weighted by atomic mass is 10.2. The third-order valence-electron chi connectivity index (χ3n) is 2.34. The summed E-state index contributed by atoms with van der Waals surface area (Å²) in [5.74, 6) is 0.567. The average Bonchev–Trinajstić information content (AvgIpc) is 2.33. The Hall–Kier alpha value is -1.45. The molecule has 0 bridgehead atoms. The summed E-state index contributed by atoms with van der Waals surface area (Å²) in [7, 11) is 0. The molecule has 1 aromatic heterocycles. The molecule has 0 aliphatic heterocycles. The van der Waals surface area contributed by atoms with E-state index in [4.69, 9.17) is 28.9 Å². The third kappa shape index (κ3) is 2.81. The van der Waals surface area contributed by atoms with Crippen LogP contribution in [0.3, 0.4) is 0 Å². The summed E-state index contributed by atoms with van der Waals surface area (Å²) in [6.07, 6.45) is 1.60. The molecule has 3 N–H and O–H groups in total. The molecule has 17 heavy (non-hydrogen) atoms. The van der Waals surface area contributed by atoms with Gasteiger partial charge in [-0.15, -0.1) is 0 Å². The maximum absolute atomic E-state index is 6.04. The Morgan fingerprint density at radius 2 is 1.88 bits per heavy atom. The van der Waals surface area contributed by atoms with E-state index in [0.717, 1.165) is 5.56 Å². The number of hydrogen-bond donors (Lipinski definition) is 2. The topological polar surface area (TPSA) is 50.9 Å². The first-order valence-corrected chi connectivity index (χ1v) is 5.81. The van der Waals surface area contributed by atoms with Crippen molar-refractivity contribution in [2.24, 2.45) is 0 Å². The minimum absolute atomic E-state index is 0.446. The van der Waals surface area contributed by atoms with E-state index in [1.165, 1.54) is 0 Å². The number of halogens is 2. The minimum atomic E-state index is 0.446. The van der Waals surface area contributed by atoms with E-state index in [0.29, 0.717) is 28.1 Å². The van der Waals surface area contributed by atoms with Crippen LogP contribution in [0.1, 0.15) is 5.56 Å². The summed E-state index contributed by atoms with van der Waals surface area (Å²) in [5, 5.41) is 4.30. The third-order valence-corrected chi connectivity index (χ3v) is 3.04. The first kappa shape index (κ1) is 12.0. The molecule has 0 saturated carbocycles. The quantitative estimate of drug-likeness (QED) is 0.894. The monoisotopic (exact) mass is 267 g/mol. The van der Waals surface area contributed by atoms with Gasteiger partial charge in [-0.25, -0.2) is 4.98 Å². The molecule has 0 fully saturated rings. The average molecular weight is 268 g/mol. The molecular weight excluding hydrogens is 257 g/mol. The molecule has 0 spiro atoms. The molecular formula is C12H11Cl2N3. The second-order valence-electron chi connectivity index (χ2n) is 3.50. The number of benzene rings is 1. The van der Waals surface area contributed by atoms with E-state index in [1.54, 1.807) is 12.3 Å². The second-order valence-corrected chi connectivity index (χ2v) is 4.31. The van der Waals surface area contributed by atoms with Crippen molar-refractivity contribution in [2.45, 2.75) is 6.54 Å². The zero-order valence-electron chi connectivity index (χ0n) is 8.95. The molecule has 0 atom stereocenters. The fourth-order valence-electron chi connectivity index (χ4n) is 1.41. The number of pyridine rings is 1. The van der Waals surface area contributed by atoms with Crippen LogP contribution in [0.4, 0.5) is 11.5 Å². The number of rotatable bonds is 3. The van der Waals surface area contributed by atoms with Crippen LogP contribution in [0, 0.1) is 0 Å². The zero-order chi connectivity index (χ0) is 12.3. The highest BCUT2D eigenvalue weighted by Crippen LogP contribution is 2.25. The molecule has 0 amide bonds. The summed E-state index contributed by atoms with van der Waals surface area (Å²) in [6, 6.07) is 9.25. The summed E-state index contributed by atoms with van der Waals surface area (Å²) in [5.41, 5.74) is 7.22. The van der Waals surface area contributed by atoms with Crippen LogP contribution in [0.15, 0.2) is 36.5 Å². The van der Waals surface area contributed by atoms with Gasteiger partial charge in [0, 0.05) is 17.8 Å². The van der Waals surface area contributed by atoms with Crippen molar-refractivity contribution in [3.8, 4) is 0 Å². The van der Waals surface area contributed by atoms with E-state index in [-0.39, 0.29) is 0 Å². The highest BCUT2D eigenvalue weighted by molar-refractivity contribution is 6.33. The molecule has 3 nitrogen and oxygen atoms in total. The summed E-state index contributed by atoms with van der Waals surface area (Å²) in [6.45, 7) is 0.553. The lowest BCUT2D eigenvalue weighted by Crippen LogP contribution is -2.05. The van der Waals surface area contributed by atoms with Crippen molar-refractivity contribution in [1.82, 2.24) is 4.98 Å². The van der Waals surface area contributed by atoms with Crippen LogP contribution >= 0.6 is 23.2 Å². The molecule has 88 valence electrons. The van der Waals surface area contributed by atoms with Crippen molar-refractivity contribution >= 4 is 34.7 Å². The maximum atomic E-state index is 6.04. The molecule has 0 unspecified atom stereocenters. The first-order chi connectivity index (χ1) is 8.18. The number of anilines is 2. The molecule has 0 aliphatic carbocycles. The van der Waals surface area contributed by atoms with Crippen LogP contribution in [0.2, 0.25) is 10.0 Å². The minimum Gasteiger partial charge on any atom is -0.395 e. The SMILES string of the molecule is Nc1c(Cl)ccnc1NCc1ccccc1Cl. The summed E-state index contributed by atoms with van der Waals surface area (Å²) >= 11 is 11.9. The predicted octanol–water partition coefficient (Wildman–Crippen LogP) is 3.58. The normalized spacial score (nSPS) is 10.2. The largest absolute Gasteiger partial charge is 0.395 e. The molecule has 2 rings (SSSR count). The number of aromatic nitrogens is 1. The van der Waals surface area contributed by atoms with Crippen LogP contribution in [0.5, 0.6) is 0 Å². The Bertz CT molecular complexity index is 529. The van der Waals surface area contributed by atoms with Gasteiger partial charge >= 0.3 is 0 Å². The van der Waals surface area contributed by atoms with Gasteiger partial charge in [-0.2, -0.15) is 0 Å². The van der Waals surface area contributed by atoms with Crippen LogP contribution in [-0.4, -0.2) is 4.98 Å². The number of hydrogen-bond acceptors (Lipinski definition) is 3. The lowest BCUT2D eigenvalue weighted by Gasteiger charge is -2.09. The van der Waals surface area contributed by atoms with Crippen LogP contribution in [0.25, 0.3) is 0 Å². The Labute approximate surface area is 110 Å². The van der Waals surface area contributed by atoms with Gasteiger partial charge in [0.2, 0.25) is 0 Å². The van der Waals surface area contributed by atoms with Gasteiger partial charge in [0.1, 0.15) is 0 Å². The molecule has 1 heterocycles. The Morgan fingerprint density at radius 3 is 2.65 bits per heavy atom. The van der Waals surface area contributed by atoms with Crippen LogP contribution in [-0.2, 0) is 6.54 Å². The number of nitrogens with two attached hydrogens (primary N) is 1. The van der Waals surface area contributed by atoms with Gasteiger partial charge in [-0.1, -0.05) is 41.4 Å². The van der Waals surface area contributed by atoms with E-state index >= 15 is 0 Å². The van der Waals surface area contributed by atoms with Gasteiger partial charge in [0.25, 0.3) is 0 Å². The molecule has 2 aromatic rings. The van der Waals surface area contributed by atoms with Crippen molar-refractivity contribution in [3.05, 3.63) is 52.1 Å². The van der Waals surface area contributed by atoms with E-state index in [9.17, 15) is 0 Å². The number of nitrogens with zero attached hydrogens (tertiary/aromatic N) is 1. The highest BCUT2D eigenvalue weighted by Gasteiger charge is 2.05. The molecule has 0 saturated heterocycles. The van der Waals surface area contributed by atoms with Crippen molar-refractivity contribution in [2.75, 3.05) is 11.1 Å². The lowest BCUT2D eigenvalue weighted by molar-refractivity contribution is 1.11. The van der Waals surface area contributed by atoms with Crippen molar-refractivity contribution in [3.63, 3.8) is 0 Å². The smallest absolute Gasteiger partial charge is 0.150 e. The zero-order valence-corrected chi connectivity index (χ0v) is 10.5. The van der Waals surface area contributed by atoms with Gasteiger partial charge in [0.15, 0.2) is 5.82 Å². The second kappa shape index (κ2) is 5.25. The van der Waals surface area contributed by atoms with Crippen molar-refractivity contribution in [1.29, 1.82) is 0 Å². The van der Waals surface area contributed by atoms with E-state index in [1.807, 2.05) is 24.3 Å². The molecule has 5 heteroatoms. The standard InChI is InChI=1S/C12H11Cl2N3/c13-9-4-2-1-3-8(9)7-17-12-11(15)10(14)5-6-16-12/h1-6H,7,15H2,(H,16,17).